The normalized spacial score (nSPS) is 12.3. The second kappa shape index (κ2) is 21.7. The Morgan fingerprint density at radius 2 is 0.557 bits per heavy atom. The molecule has 0 saturated carbocycles. The van der Waals surface area contributed by atoms with E-state index in [1.165, 1.54) is 54.2 Å². The van der Waals surface area contributed by atoms with Gasteiger partial charge in [-0.25, -0.2) is 0 Å². The van der Waals surface area contributed by atoms with Gasteiger partial charge in [-0.3, -0.25) is 0 Å². The van der Waals surface area contributed by atoms with Gasteiger partial charge in [-0.2, -0.15) is 0 Å². The smallest absolute Gasteiger partial charge is 0.145 e. The predicted octanol–water partition coefficient (Wildman–Crippen LogP) is 27.5. The summed E-state index contributed by atoms with van der Waals surface area (Å²) >= 11 is 0. The van der Waals surface area contributed by atoms with Crippen molar-refractivity contribution >= 4 is 174 Å². The van der Waals surface area contributed by atoms with Crippen LogP contribution in [0.15, 0.2) is 361 Å². The van der Waals surface area contributed by atoms with E-state index in [0.29, 0.717) is 0 Å². The molecule has 6 aromatic heterocycles. The molecule has 0 N–H and O–H groups in total. The number of benzene rings is 18. The van der Waals surface area contributed by atoms with Gasteiger partial charge in [0.25, 0.3) is 0 Å². The maximum atomic E-state index is 7.73. The molecule has 6 nitrogen and oxygen atoms in total. The number of hydrogen-bond acceptors (Lipinski definition) is 2. The molecule has 490 valence electrons. The highest BCUT2D eigenvalue weighted by molar-refractivity contribution is 6.32. The molecule has 0 spiro atoms. The van der Waals surface area contributed by atoms with Crippen LogP contribution in [0.3, 0.4) is 0 Å². The fraction of sp³-hybridized carbons (Fsp3) is 0. The van der Waals surface area contributed by atoms with Gasteiger partial charge < -0.3 is 27.1 Å². The van der Waals surface area contributed by atoms with Crippen LogP contribution in [0, 0.1) is 0 Å². The highest BCUT2D eigenvalue weighted by atomic mass is 16.3. The second-order valence-corrected chi connectivity index (χ2v) is 28.6. The Kier molecular flexibility index (Phi) is 11.7. The first kappa shape index (κ1) is 57.4. The number of furan rings is 2. The Balaban J connectivity index is 0.724. The summed E-state index contributed by atoms with van der Waals surface area (Å²) in [4.78, 5) is 0. The van der Waals surface area contributed by atoms with Crippen molar-refractivity contribution in [3.05, 3.63) is 352 Å². The van der Waals surface area contributed by atoms with E-state index in [0.717, 1.165) is 176 Å². The fourth-order valence-electron chi connectivity index (χ4n) is 18.4. The van der Waals surface area contributed by atoms with Crippen LogP contribution in [-0.4, -0.2) is 18.3 Å². The highest BCUT2D eigenvalue weighted by Crippen LogP contribution is 2.50. The first-order valence-corrected chi connectivity index (χ1v) is 36.4. The third-order valence-electron chi connectivity index (χ3n) is 23.1. The first-order chi connectivity index (χ1) is 52.6. The molecule has 0 fully saturated rings. The van der Waals surface area contributed by atoms with Gasteiger partial charge in [0.05, 0.1) is 71.4 Å². The number of para-hydroxylation sites is 2. The summed E-state index contributed by atoms with van der Waals surface area (Å²) in [5.41, 5.74) is 23.6. The summed E-state index contributed by atoms with van der Waals surface area (Å²) in [7, 11) is 0. The number of rotatable bonds is 7. The molecule has 0 aliphatic heterocycles. The van der Waals surface area contributed by atoms with Crippen molar-refractivity contribution in [3.8, 4) is 56.1 Å². The Bertz CT molecular complexity index is 7950. The van der Waals surface area contributed by atoms with Crippen LogP contribution in [-0.2, 0) is 0 Å². The van der Waals surface area contributed by atoms with Gasteiger partial charge in [-0.15, -0.1) is 0 Å². The number of nitrogens with zero attached hydrogens (tertiary/aromatic N) is 4. The van der Waals surface area contributed by atoms with E-state index in [4.69, 9.17) is 8.83 Å². The molecule has 0 amide bonds. The average molecular weight is 1350 g/mol. The molecule has 24 rings (SSSR count). The number of aromatic nitrogens is 4. The van der Waals surface area contributed by atoms with Crippen LogP contribution in [0.25, 0.3) is 230 Å². The Morgan fingerprint density at radius 1 is 0.170 bits per heavy atom. The van der Waals surface area contributed by atoms with Crippen LogP contribution in [0.2, 0.25) is 0 Å². The molecule has 6 heteroatoms. The molecular formula is C100H58N4O2. The zero-order chi connectivity index (χ0) is 69.0. The topological polar surface area (TPSA) is 46.0 Å². The molecule has 106 heavy (non-hydrogen) atoms. The third kappa shape index (κ3) is 8.04. The second-order valence-electron chi connectivity index (χ2n) is 28.6. The van der Waals surface area contributed by atoms with E-state index < -0.39 is 0 Å². The zero-order valence-corrected chi connectivity index (χ0v) is 57.1. The standard InChI is InChI=1S/C100H58N4O2/c1-2-27-68(28-3-1)101-86-48-40-66(73-34-15-23-60-19-6-9-30-71(60)73)56-82(86)95-89(101)51-45-78-79-46-52-90-96(100(79)106-99(78)95)83-57-67(74-35-16-24-61-20-7-10-31-72(61)74)41-49-87(83)102(90)69-29-14-26-64(55-69)65-39-43-81-92(58-65)104(84-37-17-25-62-21-8-11-32-75(62)84)91-53-47-77-76-44-50-88-93(97(76)105-98(77)94(81)91)80-33-12-13-36-85(80)103(88)70-42-38-59-18-4-5-22-63(59)54-70/h1-58H. The van der Waals surface area contributed by atoms with Gasteiger partial charge in [-0.05, 0) is 198 Å². The first-order valence-electron chi connectivity index (χ1n) is 36.4. The van der Waals surface area contributed by atoms with Crippen molar-refractivity contribution < 1.29 is 8.83 Å². The molecule has 0 aliphatic carbocycles. The van der Waals surface area contributed by atoms with Gasteiger partial charge in [0.15, 0.2) is 0 Å². The SMILES string of the molecule is c1ccc(-n2c3ccc(-c4cccc5ccccc45)cc3c3c4oc5c(ccc6c5c5cc(-c7cccc8ccccc78)ccc5n6-c5cccc(-c6ccc7c8c9oc%10c(ccc%11c%10c%10ccccc%10n%11-c%10ccc%11ccccc%11c%10)c9ccc8n(-c8cccc9ccccc89)c7c6)c5)c4ccc32)cc1. The quantitative estimate of drug-likeness (QED) is 0.160. The van der Waals surface area contributed by atoms with Crippen LogP contribution in [0.1, 0.15) is 0 Å². The minimum Gasteiger partial charge on any atom is -0.455 e. The largest absolute Gasteiger partial charge is 0.455 e. The van der Waals surface area contributed by atoms with E-state index >= 15 is 0 Å². The molecule has 0 unspecified atom stereocenters. The van der Waals surface area contributed by atoms with Crippen molar-refractivity contribution in [3.63, 3.8) is 0 Å². The summed E-state index contributed by atoms with van der Waals surface area (Å²) in [6.07, 6.45) is 0. The van der Waals surface area contributed by atoms with Gasteiger partial charge >= 0.3 is 0 Å². The molecule has 0 radical (unpaired) electrons. The van der Waals surface area contributed by atoms with E-state index in [1.807, 2.05) is 0 Å². The van der Waals surface area contributed by atoms with Crippen molar-refractivity contribution in [1.82, 2.24) is 18.3 Å². The summed E-state index contributed by atoms with van der Waals surface area (Å²) in [6.45, 7) is 0. The maximum Gasteiger partial charge on any atom is 0.145 e. The molecular weight excluding hydrogens is 1290 g/mol. The fourth-order valence-corrected chi connectivity index (χ4v) is 18.4. The number of hydrogen-bond donors (Lipinski definition) is 0. The average Bonchev–Trinajstić information content (AvgIpc) is 1.54. The minimum atomic E-state index is 0.864. The van der Waals surface area contributed by atoms with E-state index in [2.05, 4.69) is 370 Å². The lowest BCUT2D eigenvalue weighted by atomic mass is 9.96. The van der Waals surface area contributed by atoms with E-state index in [-0.39, 0.29) is 0 Å². The monoisotopic (exact) mass is 1350 g/mol. The van der Waals surface area contributed by atoms with Crippen LogP contribution in [0.4, 0.5) is 0 Å². The van der Waals surface area contributed by atoms with Crippen molar-refractivity contribution in [1.29, 1.82) is 0 Å². The minimum absolute atomic E-state index is 0.864. The Labute approximate surface area is 605 Å². The molecule has 0 bridgehead atoms. The van der Waals surface area contributed by atoms with Gasteiger partial charge in [0, 0.05) is 65.5 Å². The summed E-state index contributed by atoms with van der Waals surface area (Å²) in [5, 5.41) is 22.9. The maximum absolute atomic E-state index is 7.73. The highest BCUT2D eigenvalue weighted by Gasteiger charge is 2.27. The van der Waals surface area contributed by atoms with Crippen LogP contribution in [0.5, 0.6) is 0 Å². The van der Waals surface area contributed by atoms with Gasteiger partial charge in [-0.1, -0.05) is 224 Å². The van der Waals surface area contributed by atoms with Crippen molar-refractivity contribution in [2.24, 2.45) is 0 Å². The molecule has 24 aromatic rings. The predicted molar refractivity (Wildman–Crippen MR) is 445 cm³/mol. The summed E-state index contributed by atoms with van der Waals surface area (Å²) in [5.74, 6) is 0. The van der Waals surface area contributed by atoms with Gasteiger partial charge in [0.1, 0.15) is 22.3 Å². The lowest BCUT2D eigenvalue weighted by Gasteiger charge is -2.13. The van der Waals surface area contributed by atoms with Crippen LogP contribution < -0.4 is 0 Å². The van der Waals surface area contributed by atoms with E-state index in [1.54, 1.807) is 0 Å². The van der Waals surface area contributed by atoms with Crippen molar-refractivity contribution in [2.75, 3.05) is 0 Å². The lowest BCUT2D eigenvalue weighted by molar-refractivity contribution is 0.676. The summed E-state index contributed by atoms with van der Waals surface area (Å²) < 4.78 is 25.0. The van der Waals surface area contributed by atoms with Crippen LogP contribution >= 0.6 is 0 Å². The molecule has 0 aliphatic rings. The van der Waals surface area contributed by atoms with Gasteiger partial charge in [0.2, 0.25) is 0 Å². The molecule has 6 heterocycles. The molecule has 18 aromatic carbocycles. The lowest BCUT2D eigenvalue weighted by Crippen LogP contribution is -1.96. The number of fused-ring (bicyclic) bond motifs is 26. The van der Waals surface area contributed by atoms with Crippen molar-refractivity contribution in [2.45, 2.75) is 0 Å². The van der Waals surface area contributed by atoms with E-state index in [9.17, 15) is 0 Å². The molecule has 0 saturated heterocycles. The summed E-state index contributed by atoms with van der Waals surface area (Å²) in [6, 6.07) is 130. The third-order valence-corrected chi connectivity index (χ3v) is 23.1. The Morgan fingerprint density at radius 3 is 1.15 bits per heavy atom. The molecule has 0 atom stereocenters. The zero-order valence-electron chi connectivity index (χ0n) is 57.1. The Hall–Kier alpha value is -14.2.